The normalized spacial score (nSPS) is 13.0. The summed E-state index contributed by atoms with van der Waals surface area (Å²) in [6.07, 6.45) is 2.51. The summed E-state index contributed by atoms with van der Waals surface area (Å²) in [6.45, 7) is 13.0. The Morgan fingerprint density at radius 3 is 0.714 bits per heavy atom. The molecule has 0 aromatic carbocycles. The van der Waals surface area contributed by atoms with Gasteiger partial charge in [-0.15, -0.1) is 0 Å². The van der Waals surface area contributed by atoms with Crippen LogP contribution in [0.4, 0.5) is 0 Å². The second kappa shape index (κ2) is 38.1. The molecule has 0 bridgehead atoms. The van der Waals surface area contributed by atoms with Crippen LogP contribution in [-0.4, -0.2) is 200 Å². The van der Waals surface area contributed by atoms with Crippen molar-refractivity contribution >= 4 is 27.7 Å². The molecular weight excluding hydrogens is 718 g/mol. The fraction of sp³-hybridized carbons (Fsp3) is 0.875. The fourth-order valence-corrected chi connectivity index (χ4v) is 3.83. The van der Waals surface area contributed by atoms with Gasteiger partial charge in [-0.25, -0.2) is 0 Å². The van der Waals surface area contributed by atoms with E-state index in [0.29, 0.717) is 165 Å². The molecule has 49 heavy (non-hydrogen) atoms. The summed E-state index contributed by atoms with van der Waals surface area (Å²) >= 11 is 3.30. The van der Waals surface area contributed by atoms with Gasteiger partial charge in [-0.2, -0.15) is 0 Å². The summed E-state index contributed by atoms with van der Waals surface area (Å²) in [5.41, 5.74) is 0. The van der Waals surface area contributed by atoms with Crippen molar-refractivity contribution in [2.75, 3.05) is 184 Å². The Kier molecular flexibility index (Phi) is 35.6. The maximum absolute atomic E-state index is 11.4. The van der Waals surface area contributed by atoms with E-state index in [1.807, 2.05) is 0 Å². The molecule has 17 heteroatoms. The van der Waals surface area contributed by atoms with Crippen molar-refractivity contribution in [1.82, 2.24) is 4.90 Å². The van der Waals surface area contributed by atoms with Gasteiger partial charge in [0.25, 0.3) is 11.8 Å². The van der Waals surface area contributed by atoms with E-state index >= 15 is 0 Å². The molecule has 1 rings (SSSR count). The topological polar surface area (TPSA) is 157 Å². The minimum Gasteiger partial charge on any atom is -0.378 e. The smallest absolute Gasteiger partial charge is 0.253 e. The molecule has 0 unspecified atom stereocenters. The molecule has 0 atom stereocenters. The Labute approximate surface area is 299 Å². The van der Waals surface area contributed by atoms with E-state index in [9.17, 15) is 9.59 Å². The van der Waals surface area contributed by atoms with E-state index < -0.39 is 0 Å². The number of halogens is 1. The first kappa shape index (κ1) is 45.9. The standard InChI is InChI=1S/C32H58BrNO15/c33-3-5-37-7-9-39-11-13-41-15-17-43-19-21-45-23-25-47-27-29-49-30-28-48-26-24-46-22-20-44-18-16-42-14-12-40-10-8-38-6-4-34-31(35)1-2-32(34)36/h1-2H,3-30H2. The lowest BCUT2D eigenvalue weighted by Crippen LogP contribution is -2.33. The molecule has 0 N–H and O–H groups in total. The number of nitrogens with zero attached hydrogens (tertiary/aromatic N) is 1. The molecule has 2 amide bonds. The zero-order chi connectivity index (χ0) is 35.1. The zero-order valence-corrected chi connectivity index (χ0v) is 30.5. The number of ether oxygens (including phenoxy) is 13. The number of alkyl halides is 1. The third-order valence-electron chi connectivity index (χ3n) is 6.05. The number of carbonyl (C=O) groups excluding carboxylic acids is 2. The Balaban J connectivity index is 1.61. The summed E-state index contributed by atoms with van der Waals surface area (Å²) in [5, 5.41) is 0.832. The van der Waals surface area contributed by atoms with E-state index in [4.69, 9.17) is 61.6 Å². The molecule has 0 aromatic heterocycles. The molecule has 0 radical (unpaired) electrons. The predicted molar refractivity (Wildman–Crippen MR) is 180 cm³/mol. The van der Waals surface area contributed by atoms with Crippen molar-refractivity contribution in [3.05, 3.63) is 12.2 Å². The van der Waals surface area contributed by atoms with Crippen molar-refractivity contribution in [3.63, 3.8) is 0 Å². The third-order valence-corrected chi connectivity index (χ3v) is 6.37. The van der Waals surface area contributed by atoms with Gasteiger partial charge in [-0.3, -0.25) is 14.5 Å². The number of rotatable bonds is 41. The first-order valence-corrected chi connectivity index (χ1v) is 18.0. The number of hydrogen-bond acceptors (Lipinski definition) is 15. The van der Waals surface area contributed by atoms with Crippen molar-refractivity contribution < 1.29 is 71.2 Å². The van der Waals surface area contributed by atoms with E-state index in [1.165, 1.54) is 12.2 Å². The fourth-order valence-electron chi connectivity index (χ4n) is 3.60. The van der Waals surface area contributed by atoms with Gasteiger partial charge in [-0.1, -0.05) is 15.9 Å². The van der Waals surface area contributed by atoms with Gasteiger partial charge in [0.05, 0.1) is 178 Å². The van der Waals surface area contributed by atoms with Gasteiger partial charge in [0.1, 0.15) is 0 Å². The first-order chi connectivity index (χ1) is 24.3. The lowest BCUT2D eigenvalue weighted by molar-refractivity contribution is -0.137. The van der Waals surface area contributed by atoms with Crippen LogP contribution in [-0.2, 0) is 71.2 Å². The lowest BCUT2D eigenvalue weighted by Gasteiger charge is -2.13. The van der Waals surface area contributed by atoms with Crippen LogP contribution in [0.1, 0.15) is 0 Å². The monoisotopic (exact) mass is 775 g/mol. The summed E-state index contributed by atoms with van der Waals surface area (Å²) in [6, 6.07) is 0. The van der Waals surface area contributed by atoms with Crippen molar-refractivity contribution in [1.29, 1.82) is 0 Å². The number of hydrogen-bond donors (Lipinski definition) is 0. The predicted octanol–water partition coefficient (Wildman–Crippen LogP) is 0.522. The molecule has 0 fully saturated rings. The second-order valence-electron chi connectivity index (χ2n) is 9.81. The maximum Gasteiger partial charge on any atom is 0.253 e. The van der Waals surface area contributed by atoms with Crippen molar-refractivity contribution in [3.8, 4) is 0 Å². The SMILES string of the molecule is O=C1C=CC(=O)N1CCOCCOCCOCCOCCOCCOCCOCCOCCOCCOCCOCCOCCOCCBr. The van der Waals surface area contributed by atoms with E-state index in [2.05, 4.69) is 15.9 Å². The van der Waals surface area contributed by atoms with Gasteiger partial charge in [0, 0.05) is 17.5 Å². The molecule has 0 aliphatic carbocycles. The van der Waals surface area contributed by atoms with E-state index in [-0.39, 0.29) is 25.0 Å². The van der Waals surface area contributed by atoms with Crippen LogP contribution in [0.25, 0.3) is 0 Å². The maximum atomic E-state index is 11.4. The summed E-state index contributed by atoms with van der Waals surface area (Å²) in [7, 11) is 0. The molecular formula is C32H58BrNO15. The highest BCUT2D eigenvalue weighted by molar-refractivity contribution is 9.09. The van der Waals surface area contributed by atoms with E-state index in [1.54, 1.807) is 0 Å². The number of carbonyl (C=O) groups is 2. The average Bonchev–Trinajstić information content (AvgIpc) is 3.43. The van der Waals surface area contributed by atoms with Crippen LogP contribution in [0.15, 0.2) is 12.2 Å². The van der Waals surface area contributed by atoms with Crippen LogP contribution in [0.2, 0.25) is 0 Å². The van der Waals surface area contributed by atoms with Crippen LogP contribution >= 0.6 is 15.9 Å². The van der Waals surface area contributed by atoms with Gasteiger partial charge < -0.3 is 61.6 Å². The molecule has 0 saturated carbocycles. The van der Waals surface area contributed by atoms with Crippen LogP contribution < -0.4 is 0 Å². The Hall–Kier alpha value is -1.16. The van der Waals surface area contributed by atoms with Crippen molar-refractivity contribution in [2.45, 2.75) is 0 Å². The summed E-state index contributed by atoms with van der Waals surface area (Å²) < 4.78 is 70.6. The highest BCUT2D eigenvalue weighted by atomic mass is 79.9. The molecule has 1 aliphatic heterocycles. The quantitative estimate of drug-likeness (QED) is 0.0481. The number of imide groups is 1. The average molecular weight is 777 g/mol. The Bertz CT molecular complexity index is 750. The molecule has 1 aliphatic rings. The molecule has 0 saturated heterocycles. The van der Waals surface area contributed by atoms with Crippen LogP contribution in [0, 0.1) is 0 Å². The van der Waals surface area contributed by atoms with Gasteiger partial charge in [0.15, 0.2) is 0 Å². The Morgan fingerprint density at radius 1 is 0.327 bits per heavy atom. The first-order valence-electron chi connectivity index (χ1n) is 16.9. The van der Waals surface area contributed by atoms with Crippen LogP contribution in [0.5, 0.6) is 0 Å². The number of amides is 2. The minimum absolute atomic E-state index is 0.238. The third kappa shape index (κ3) is 32.5. The van der Waals surface area contributed by atoms with Gasteiger partial charge >= 0.3 is 0 Å². The molecule has 0 aromatic rings. The zero-order valence-electron chi connectivity index (χ0n) is 28.9. The Morgan fingerprint density at radius 2 is 0.510 bits per heavy atom. The lowest BCUT2D eigenvalue weighted by atomic mass is 10.5. The van der Waals surface area contributed by atoms with Crippen molar-refractivity contribution in [2.24, 2.45) is 0 Å². The molecule has 288 valence electrons. The minimum atomic E-state index is -0.307. The summed E-state index contributed by atoms with van der Waals surface area (Å²) in [4.78, 5) is 23.9. The summed E-state index contributed by atoms with van der Waals surface area (Å²) in [5.74, 6) is -0.615. The van der Waals surface area contributed by atoms with Crippen LogP contribution in [0.3, 0.4) is 0 Å². The molecule has 0 spiro atoms. The highest BCUT2D eigenvalue weighted by Crippen LogP contribution is 2.02. The largest absolute Gasteiger partial charge is 0.378 e. The van der Waals surface area contributed by atoms with E-state index in [0.717, 1.165) is 10.2 Å². The van der Waals surface area contributed by atoms with Gasteiger partial charge in [-0.05, 0) is 0 Å². The molecule has 16 nitrogen and oxygen atoms in total. The highest BCUT2D eigenvalue weighted by Gasteiger charge is 2.22. The second-order valence-corrected chi connectivity index (χ2v) is 10.6. The van der Waals surface area contributed by atoms with Gasteiger partial charge in [0.2, 0.25) is 0 Å². The molecule has 1 heterocycles.